The highest BCUT2D eigenvalue weighted by molar-refractivity contribution is 5.61. The summed E-state index contributed by atoms with van der Waals surface area (Å²) in [5.74, 6) is 1.02. The van der Waals surface area contributed by atoms with E-state index < -0.39 is 0 Å². The van der Waals surface area contributed by atoms with Crippen LogP contribution in [0.4, 0.5) is 0 Å². The van der Waals surface area contributed by atoms with E-state index in [1.807, 2.05) is 19.4 Å². The first kappa shape index (κ1) is 10.5. The summed E-state index contributed by atoms with van der Waals surface area (Å²) in [6.45, 7) is 0. The van der Waals surface area contributed by atoms with Crippen molar-refractivity contribution in [3.05, 3.63) is 42.2 Å². The number of benzene rings is 1. The van der Waals surface area contributed by atoms with Gasteiger partial charge >= 0.3 is 0 Å². The Kier molecular flexibility index (Phi) is 2.30. The topological polar surface area (TPSA) is 43.8 Å². The molecule has 3 heteroatoms. The lowest BCUT2D eigenvalue weighted by molar-refractivity contribution is 0.672. The van der Waals surface area contributed by atoms with Crippen LogP contribution in [-0.4, -0.2) is 15.1 Å². The zero-order chi connectivity index (χ0) is 11.9. The average molecular weight is 227 g/mol. The van der Waals surface area contributed by atoms with Crippen molar-refractivity contribution < 1.29 is 0 Å². The van der Waals surface area contributed by atoms with Gasteiger partial charge < -0.3 is 10.3 Å². The van der Waals surface area contributed by atoms with E-state index >= 15 is 0 Å². The molecule has 1 aliphatic carbocycles. The molecule has 0 unspecified atom stereocenters. The van der Waals surface area contributed by atoms with Crippen molar-refractivity contribution in [1.82, 2.24) is 9.55 Å². The van der Waals surface area contributed by atoms with Gasteiger partial charge in [0.1, 0.15) is 5.82 Å². The Morgan fingerprint density at radius 3 is 2.76 bits per heavy atom. The van der Waals surface area contributed by atoms with Gasteiger partial charge in [-0.2, -0.15) is 0 Å². The molecular formula is C14H17N3. The molecular weight excluding hydrogens is 210 g/mol. The molecule has 2 N–H and O–H groups in total. The SMILES string of the molecule is Cn1ccnc1-c1ccccc1CC1(N)CC1. The molecule has 3 rings (SSSR count). The van der Waals surface area contributed by atoms with E-state index in [9.17, 15) is 0 Å². The second-order valence-corrected chi connectivity index (χ2v) is 5.06. The van der Waals surface area contributed by atoms with Crippen LogP contribution in [0.5, 0.6) is 0 Å². The smallest absolute Gasteiger partial charge is 0.139 e. The van der Waals surface area contributed by atoms with Crippen LogP contribution in [0.1, 0.15) is 18.4 Å². The minimum absolute atomic E-state index is 0.0429. The number of nitrogens with two attached hydrogens (primary N) is 1. The first-order valence-corrected chi connectivity index (χ1v) is 6.02. The first-order valence-electron chi connectivity index (χ1n) is 6.02. The lowest BCUT2D eigenvalue weighted by Crippen LogP contribution is -2.24. The fraction of sp³-hybridized carbons (Fsp3) is 0.357. The van der Waals surface area contributed by atoms with Crippen LogP contribution in [0, 0.1) is 0 Å². The van der Waals surface area contributed by atoms with Crippen molar-refractivity contribution in [3.63, 3.8) is 0 Å². The van der Waals surface area contributed by atoms with Gasteiger partial charge in [-0.3, -0.25) is 0 Å². The quantitative estimate of drug-likeness (QED) is 0.873. The maximum absolute atomic E-state index is 6.21. The molecule has 1 fully saturated rings. The number of rotatable bonds is 3. The minimum Gasteiger partial charge on any atom is -0.334 e. The molecule has 0 amide bonds. The van der Waals surface area contributed by atoms with Gasteiger partial charge in [0.2, 0.25) is 0 Å². The molecule has 0 radical (unpaired) electrons. The Morgan fingerprint density at radius 1 is 1.35 bits per heavy atom. The van der Waals surface area contributed by atoms with Gasteiger partial charge in [-0.25, -0.2) is 4.98 Å². The molecule has 0 bridgehead atoms. The van der Waals surface area contributed by atoms with Gasteiger partial charge in [0.25, 0.3) is 0 Å². The molecule has 88 valence electrons. The lowest BCUT2D eigenvalue weighted by Gasteiger charge is -2.13. The van der Waals surface area contributed by atoms with E-state index in [2.05, 4.69) is 33.8 Å². The largest absolute Gasteiger partial charge is 0.334 e. The van der Waals surface area contributed by atoms with Crippen molar-refractivity contribution >= 4 is 0 Å². The first-order chi connectivity index (χ1) is 8.18. The molecule has 0 saturated heterocycles. The van der Waals surface area contributed by atoms with E-state index in [0.717, 1.165) is 25.1 Å². The third-order valence-corrected chi connectivity index (χ3v) is 3.51. The Morgan fingerprint density at radius 2 is 2.12 bits per heavy atom. The molecule has 1 aromatic carbocycles. The van der Waals surface area contributed by atoms with Gasteiger partial charge in [0.15, 0.2) is 0 Å². The molecule has 0 aliphatic heterocycles. The fourth-order valence-electron chi connectivity index (χ4n) is 2.23. The third-order valence-electron chi connectivity index (χ3n) is 3.51. The van der Waals surface area contributed by atoms with Crippen LogP contribution in [0.15, 0.2) is 36.7 Å². The van der Waals surface area contributed by atoms with Crippen molar-refractivity contribution in [2.24, 2.45) is 12.8 Å². The Labute approximate surface area is 101 Å². The second kappa shape index (κ2) is 3.70. The molecule has 0 spiro atoms. The van der Waals surface area contributed by atoms with Crippen LogP contribution in [0.2, 0.25) is 0 Å². The van der Waals surface area contributed by atoms with Crippen molar-refractivity contribution in [1.29, 1.82) is 0 Å². The Hall–Kier alpha value is -1.61. The third kappa shape index (κ3) is 1.98. The highest BCUT2D eigenvalue weighted by atomic mass is 15.0. The summed E-state index contributed by atoms with van der Waals surface area (Å²) in [6.07, 6.45) is 7.04. The average Bonchev–Trinajstić information content (AvgIpc) is 2.88. The van der Waals surface area contributed by atoms with Gasteiger partial charge in [-0.05, 0) is 24.8 Å². The number of aromatic nitrogens is 2. The van der Waals surface area contributed by atoms with E-state index in [4.69, 9.17) is 5.73 Å². The maximum Gasteiger partial charge on any atom is 0.139 e. The van der Waals surface area contributed by atoms with Crippen LogP contribution < -0.4 is 5.73 Å². The summed E-state index contributed by atoms with van der Waals surface area (Å²) in [7, 11) is 2.02. The Bertz CT molecular complexity index is 538. The zero-order valence-electron chi connectivity index (χ0n) is 10.1. The van der Waals surface area contributed by atoms with Gasteiger partial charge in [0, 0.05) is 30.5 Å². The number of nitrogens with zero attached hydrogens (tertiary/aromatic N) is 2. The molecule has 1 aromatic heterocycles. The number of aryl methyl sites for hydroxylation is 1. The van der Waals surface area contributed by atoms with Crippen LogP contribution >= 0.6 is 0 Å². The Balaban J connectivity index is 2.01. The summed E-state index contributed by atoms with van der Waals surface area (Å²) >= 11 is 0. The van der Waals surface area contributed by atoms with E-state index in [0.29, 0.717) is 0 Å². The van der Waals surface area contributed by atoms with Gasteiger partial charge in [0.05, 0.1) is 0 Å². The molecule has 17 heavy (non-hydrogen) atoms. The highest BCUT2D eigenvalue weighted by Gasteiger charge is 2.38. The van der Waals surface area contributed by atoms with Crippen LogP contribution in [-0.2, 0) is 13.5 Å². The predicted octanol–water partition coefficient (Wildman–Crippen LogP) is 2.12. The maximum atomic E-state index is 6.21. The lowest BCUT2D eigenvalue weighted by atomic mass is 9.99. The van der Waals surface area contributed by atoms with Crippen molar-refractivity contribution in [3.8, 4) is 11.4 Å². The highest BCUT2D eigenvalue weighted by Crippen LogP contribution is 2.37. The minimum atomic E-state index is 0.0429. The van der Waals surface area contributed by atoms with Crippen molar-refractivity contribution in [2.45, 2.75) is 24.8 Å². The van der Waals surface area contributed by atoms with E-state index in [1.54, 1.807) is 0 Å². The summed E-state index contributed by atoms with van der Waals surface area (Å²) < 4.78 is 2.05. The van der Waals surface area contributed by atoms with Crippen LogP contribution in [0.25, 0.3) is 11.4 Å². The number of imidazole rings is 1. The van der Waals surface area contributed by atoms with Crippen LogP contribution in [0.3, 0.4) is 0 Å². The zero-order valence-corrected chi connectivity index (χ0v) is 10.1. The summed E-state index contributed by atoms with van der Waals surface area (Å²) in [6, 6.07) is 8.43. The summed E-state index contributed by atoms with van der Waals surface area (Å²) in [5, 5.41) is 0. The van der Waals surface area contributed by atoms with Gasteiger partial charge in [-0.1, -0.05) is 24.3 Å². The van der Waals surface area contributed by atoms with Crippen molar-refractivity contribution in [2.75, 3.05) is 0 Å². The fourth-order valence-corrected chi connectivity index (χ4v) is 2.23. The monoisotopic (exact) mass is 227 g/mol. The molecule has 0 atom stereocenters. The summed E-state index contributed by atoms with van der Waals surface area (Å²) in [4.78, 5) is 4.42. The second-order valence-electron chi connectivity index (χ2n) is 5.06. The standard InChI is InChI=1S/C14H17N3/c1-17-9-8-16-13(17)12-5-3-2-4-11(12)10-14(15)6-7-14/h2-5,8-9H,6-7,10,15H2,1H3. The molecule has 3 nitrogen and oxygen atoms in total. The van der Waals surface area contributed by atoms with Gasteiger partial charge in [-0.15, -0.1) is 0 Å². The molecule has 1 saturated carbocycles. The molecule has 1 aliphatic rings. The van der Waals surface area contributed by atoms with E-state index in [1.165, 1.54) is 11.1 Å². The normalized spacial score (nSPS) is 17.1. The number of hydrogen-bond acceptors (Lipinski definition) is 2. The number of hydrogen-bond donors (Lipinski definition) is 1. The molecule has 1 heterocycles. The predicted molar refractivity (Wildman–Crippen MR) is 68.5 cm³/mol. The van der Waals surface area contributed by atoms with E-state index in [-0.39, 0.29) is 5.54 Å². The molecule has 2 aromatic rings. The summed E-state index contributed by atoms with van der Waals surface area (Å²) in [5.41, 5.74) is 8.77.